The van der Waals surface area contributed by atoms with Crippen LogP contribution in [0.5, 0.6) is 0 Å². The van der Waals surface area contributed by atoms with E-state index in [4.69, 9.17) is 0 Å². The third-order valence-corrected chi connectivity index (χ3v) is 3.78. The summed E-state index contributed by atoms with van der Waals surface area (Å²) in [6.45, 7) is 2.83. The predicted molar refractivity (Wildman–Crippen MR) is 75.6 cm³/mol. The van der Waals surface area contributed by atoms with Gasteiger partial charge >= 0.3 is 0 Å². The van der Waals surface area contributed by atoms with E-state index in [0.717, 1.165) is 31.9 Å². The minimum atomic E-state index is 0.405. The standard InChI is InChI=1S/C15H20N4/c1-19-9-8-17-15(19)11-18-14-6-7-16-10-12-4-2-3-5-13(12)14/h2-5,8-9,14,16,18H,6-7,10-11H2,1H3. The Kier molecular flexibility index (Phi) is 3.62. The molecule has 1 aliphatic rings. The maximum Gasteiger partial charge on any atom is 0.122 e. The molecule has 1 aromatic carbocycles. The lowest BCUT2D eigenvalue weighted by molar-refractivity contribution is 0.483. The van der Waals surface area contributed by atoms with Crippen LogP contribution in [0.4, 0.5) is 0 Å². The number of hydrogen-bond donors (Lipinski definition) is 2. The summed E-state index contributed by atoms with van der Waals surface area (Å²) < 4.78 is 2.06. The van der Waals surface area contributed by atoms with Gasteiger partial charge in [0.15, 0.2) is 0 Å². The van der Waals surface area contributed by atoms with Gasteiger partial charge in [0.1, 0.15) is 5.82 Å². The second-order valence-electron chi connectivity index (χ2n) is 5.05. The molecule has 2 N–H and O–H groups in total. The number of aromatic nitrogens is 2. The fraction of sp³-hybridized carbons (Fsp3) is 0.400. The highest BCUT2D eigenvalue weighted by Gasteiger charge is 2.17. The molecule has 0 amide bonds. The molecule has 4 heteroatoms. The number of benzene rings is 1. The Hall–Kier alpha value is -1.65. The number of fused-ring (bicyclic) bond motifs is 1. The van der Waals surface area contributed by atoms with Gasteiger partial charge in [-0.1, -0.05) is 24.3 Å². The molecule has 1 atom stereocenters. The normalized spacial score (nSPS) is 18.9. The topological polar surface area (TPSA) is 41.9 Å². The molecule has 100 valence electrons. The SMILES string of the molecule is Cn1ccnc1CNC1CCNCc2ccccc21. The maximum absolute atomic E-state index is 4.36. The molecule has 0 radical (unpaired) electrons. The van der Waals surface area contributed by atoms with Crippen molar-refractivity contribution in [3.8, 4) is 0 Å². The van der Waals surface area contributed by atoms with E-state index in [1.54, 1.807) is 0 Å². The van der Waals surface area contributed by atoms with Crippen LogP contribution in [0.25, 0.3) is 0 Å². The summed E-state index contributed by atoms with van der Waals surface area (Å²) in [5.41, 5.74) is 2.82. The van der Waals surface area contributed by atoms with Gasteiger partial charge in [0.05, 0.1) is 6.54 Å². The van der Waals surface area contributed by atoms with E-state index in [9.17, 15) is 0 Å². The molecule has 1 aromatic heterocycles. The Labute approximate surface area is 113 Å². The van der Waals surface area contributed by atoms with E-state index in [1.165, 1.54) is 11.1 Å². The van der Waals surface area contributed by atoms with Crippen molar-refractivity contribution in [2.45, 2.75) is 25.6 Å². The van der Waals surface area contributed by atoms with E-state index in [0.29, 0.717) is 6.04 Å². The molecule has 0 bridgehead atoms. The van der Waals surface area contributed by atoms with Crippen LogP contribution in [0.15, 0.2) is 36.7 Å². The van der Waals surface area contributed by atoms with Crippen LogP contribution < -0.4 is 10.6 Å². The van der Waals surface area contributed by atoms with Crippen molar-refractivity contribution in [3.05, 3.63) is 53.6 Å². The molecule has 1 aliphatic heterocycles. The second-order valence-corrected chi connectivity index (χ2v) is 5.05. The predicted octanol–water partition coefficient (Wildman–Crippen LogP) is 1.74. The van der Waals surface area contributed by atoms with Crippen molar-refractivity contribution in [2.24, 2.45) is 7.05 Å². The van der Waals surface area contributed by atoms with Crippen molar-refractivity contribution < 1.29 is 0 Å². The first-order chi connectivity index (χ1) is 9.34. The number of imidazole rings is 1. The third kappa shape index (κ3) is 2.69. The average molecular weight is 256 g/mol. The van der Waals surface area contributed by atoms with Crippen LogP contribution in [0.3, 0.4) is 0 Å². The summed E-state index contributed by atoms with van der Waals surface area (Å²) in [6.07, 6.45) is 4.95. The minimum Gasteiger partial charge on any atom is -0.337 e. The zero-order chi connectivity index (χ0) is 13.1. The van der Waals surface area contributed by atoms with E-state index < -0.39 is 0 Å². The summed E-state index contributed by atoms with van der Waals surface area (Å²) in [4.78, 5) is 4.36. The molecular formula is C15H20N4. The lowest BCUT2D eigenvalue weighted by Crippen LogP contribution is -2.24. The largest absolute Gasteiger partial charge is 0.337 e. The Bertz CT molecular complexity index is 547. The van der Waals surface area contributed by atoms with Gasteiger partial charge in [0.2, 0.25) is 0 Å². The fourth-order valence-corrected chi connectivity index (χ4v) is 2.65. The Balaban J connectivity index is 1.75. The minimum absolute atomic E-state index is 0.405. The van der Waals surface area contributed by atoms with Crippen LogP contribution in [0, 0.1) is 0 Å². The Morgan fingerprint density at radius 2 is 2.32 bits per heavy atom. The Morgan fingerprint density at radius 1 is 1.42 bits per heavy atom. The van der Waals surface area contributed by atoms with Crippen molar-refractivity contribution >= 4 is 0 Å². The van der Waals surface area contributed by atoms with Gasteiger partial charge in [0, 0.05) is 32.0 Å². The molecule has 0 saturated carbocycles. The van der Waals surface area contributed by atoms with Crippen molar-refractivity contribution in [1.82, 2.24) is 20.2 Å². The molecule has 0 aliphatic carbocycles. The van der Waals surface area contributed by atoms with E-state index in [1.807, 2.05) is 19.4 Å². The van der Waals surface area contributed by atoms with Gasteiger partial charge in [-0.3, -0.25) is 0 Å². The van der Waals surface area contributed by atoms with Gasteiger partial charge in [-0.25, -0.2) is 4.98 Å². The summed E-state index contributed by atoms with van der Waals surface area (Å²) >= 11 is 0. The van der Waals surface area contributed by atoms with Crippen LogP contribution >= 0.6 is 0 Å². The van der Waals surface area contributed by atoms with Crippen LogP contribution in [-0.4, -0.2) is 16.1 Å². The van der Waals surface area contributed by atoms with Crippen LogP contribution in [0.2, 0.25) is 0 Å². The van der Waals surface area contributed by atoms with E-state index in [2.05, 4.69) is 44.5 Å². The zero-order valence-corrected chi connectivity index (χ0v) is 11.3. The van der Waals surface area contributed by atoms with Gasteiger partial charge < -0.3 is 15.2 Å². The smallest absolute Gasteiger partial charge is 0.122 e. The highest BCUT2D eigenvalue weighted by Crippen LogP contribution is 2.23. The summed E-state index contributed by atoms with van der Waals surface area (Å²) in [5, 5.41) is 7.11. The lowest BCUT2D eigenvalue weighted by Gasteiger charge is -2.18. The molecular weight excluding hydrogens is 236 g/mol. The van der Waals surface area contributed by atoms with Gasteiger partial charge in [0.25, 0.3) is 0 Å². The molecule has 2 heterocycles. The van der Waals surface area contributed by atoms with Crippen LogP contribution in [0.1, 0.15) is 29.4 Å². The highest BCUT2D eigenvalue weighted by atomic mass is 15.1. The fourth-order valence-electron chi connectivity index (χ4n) is 2.65. The summed E-state index contributed by atoms with van der Waals surface area (Å²) in [6, 6.07) is 9.09. The molecule has 19 heavy (non-hydrogen) atoms. The number of rotatable bonds is 3. The lowest BCUT2D eigenvalue weighted by atomic mass is 9.99. The monoisotopic (exact) mass is 256 g/mol. The van der Waals surface area contributed by atoms with Gasteiger partial charge in [-0.15, -0.1) is 0 Å². The quantitative estimate of drug-likeness (QED) is 0.879. The maximum atomic E-state index is 4.36. The van der Waals surface area contributed by atoms with Gasteiger partial charge in [-0.2, -0.15) is 0 Å². The average Bonchev–Trinajstić information content (AvgIpc) is 2.73. The van der Waals surface area contributed by atoms with Crippen molar-refractivity contribution in [3.63, 3.8) is 0 Å². The number of nitrogens with zero attached hydrogens (tertiary/aromatic N) is 2. The molecule has 0 spiro atoms. The highest BCUT2D eigenvalue weighted by molar-refractivity contribution is 5.31. The molecule has 3 rings (SSSR count). The van der Waals surface area contributed by atoms with E-state index in [-0.39, 0.29) is 0 Å². The number of aryl methyl sites for hydroxylation is 1. The molecule has 1 unspecified atom stereocenters. The summed E-state index contributed by atoms with van der Waals surface area (Å²) in [5.74, 6) is 1.08. The van der Waals surface area contributed by atoms with Gasteiger partial charge in [-0.05, 0) is 24.1 Å². The van der Waals surface area contributed by atoms with Crippen molar-refractivity contribution in [2.75, 3.05) is 6.54 Å². The van der Waals surface area contributed by atoms with E-state index >= 15 is 0 Å². The first-order valence-electron chi connectivity index (χ1n) is 6.82. The molecule has 4 nitrogen and oxygen atoms in total. The first-order valence-corrected chi connectivity index (χ1v) is 6.82. The number of nitrogens with one attached hydrogen (secondary N) is 2. The van der Waals surface area contributed by atoms with Crippen LogP contribution in [-0.2, 0) is 20.1 Å². The molecule has 2 aromatic rings. The molecule has 0 saturated heterocycles. The second kappa shape index (κ2) is 5.55. The third-order valence-electron chi connectivity index (χ3n) is 3.78. The summed E-state index contributed by atoms with van der Waals surface area (Å²) in [7, 11) is 2.03. The zero-order valence-electron chi connectivity index (χ0n) is 11.3. The van der Waals surface area contributed by atoms with Crippen molar-refractivity contribution in [1.29, 1.82) is 0 Å². The molecule has 0 fully saturated rings. The first kappa shape index (κ1) is 12.4. The number of hydrogen-bond acceptors (Lipinski definition) is 3. The Morgan fingerprint density at radius 3 is 3.16 bits per heavy atom.